The van der Waals surface area contributed by atoms with Crippen molar-refractivity contribution in [2.45, 2.75) is 39.3 Å². The third-order valence-electron chi connectivity index (χ3n) is 4.73. The summed E-state index contributed by atoms with van der Waals surface area (Å²) in [5.74, 6) is 0.856. The fraction of sp³-hybridized carbons (Fsp3) is 0.381. The number of rotatable bonds is 4. The van der Waals surface area contributed by atoms with Gasteiger partial charge in [-0.25, -0.2) is 0 Å². The lowest BCUT2D eigenvalue weighted by molar-refractivity contribution is -0.240. The lowest BCUT2D eigenvalue weighted by Gasteiger charge is -2.32. The van der Waals surface area contributed by atoms with Gasteiger partial charge in [-0.05, 0) is 60.7 Å². The van der Waals surface area contributed by atoms with Crippen LogP contribution in [-0.4, -0.2) is 30.6 Å². The van der Waals surface area contributed by atoms with Crippen molar-refractivity contribution in [3.8, 4) is 16.9 Å². The average Bonchev–Trinajstić information content (AvgIpc) is 2.65. The lowest BCUT2D eigenvalue weighted by Crippen LogP contribution is -2.37. The Morgan fingerprint density at radius 1 is 1.19 bits per heavy atom. The van der Waals surface area contributed by atoms with Gasteiger partial charge >= 0.3 is 0 Å². The monoisotopic (exact) mass is 355 g/mol. The number of benzene rings is 2. The van der Waals surface area contributed by atoms with E-state index in [4.69, 9.17) is 9.47 Å². The second kappa shape index (κ2) is 7.89. The molecule has 1 amide bonds. The third kappa shape index (κ3) is 4.06. The zero-order valence-electron chi connectivity index (χ0n) is 15.4. The lowest BCUT2D eigenvalue weighted by atomic mass is 10.00. The molecule has 3 atom stereocenters. The number of ether oxygens (including phenoxy) is 2. The van der Waals surface area contributed by atoms with Gasteiger partial charge in [-0.3, -0.25) is 4.79 Å². The van der Waals surface area contributed by atoms with Crippen LogP contribution in [0.15, 0.2) is 42.5 Å². The number of hydrogen-bond donors (Lipinski definition) is 2. The van der Waals surface area contributed by atoms with Crippen LogP contribution in [0.25, 0.3) is 11.1 Å². The Bertz CT molecular complexity index is 789. The van der Waals surface area contributed by atoms with E-state index in [1.807, 2.05) is 43.3 Å². The van der Waals surface area contributed by atoms with Crippen LogP contribution in [0.4, 0.5) is 0 Å². The van der Waals surface area contributed by atoms with Crippen LogP contribution < -0.4 is 10.1 Å². The molecule has 3 rings (SSSR count). The summed E-state index contributed by atoms with van der Waals surface area (Å²) in [6, 6.07) is 13.4. The largest absolute Gasteiger partial charge is 0.464 e. The number of aliphatic hydroxyl groups is 1. The number of carbonyl (C=O) groups excluding carboxylic acids is 1. The molecule has 0 bridgehead atoms. The van der Waals surface area contributed by atoms with E-state index >= 15 is 0 Å². The molecule has 0 aliphatic carbocycles. The van der Waals surface area contributed by atoms with Crippen molar-refractivity contribution in [3.05, 3.63) is 53.6 Å². The van der Waals surface area contributed by atoms with Gasteiger partial charge in [0.15, 0.2) is 6.29 Å². The fourth-order valence-corrected chi connectivity index (χ4v) is 3.11. The Morgan fingerprint density at radius 3 is 2.69 bits per heavy atom. The first kappa shape index (κ1) is 18.4. The van der Waals surface area contributed by atoms with Crippen LogP contribution in [0.1, 0.15) is 35.7 Å². The van der Waals surface area contributed by atoms with Crippen LogP contribution in [0.5, 0.6) is 5.75 Å². The SMILES string of the molecule is CNC(=O)c1cccc(-c2ccc(OC3OC(O)CCC3C)c(C)c2)c1. The van der Waals surface area contributed by atoms with Gasteiger partial charge in [-0.2, -0.15) is 0 Å². The number of nitrogens with one attached hydrogen (secondary N) is 1. The van der Waals surface area contributed by atoms with E-state index in [2.05, 4.69) is 12.2 Å². The van der Waals surface area contributed by atoms with Crippen molar-refractivity contribution < 1.29 is 19.4 Å². The minimum absolute atomic E-state index is 0.106. The fourth-order valence-electron chi connectivity index (χ4n) is 3.11. The molecule has 5 heteroatoms. The van der Waals surface area contributed by atoms with Crippen LogP contribution in [0, 0.1) is 12.8 Å². The van der Waals surface area contributed by atoms with Crippen molar-refractivity contribution in [3.63, 3.8) is 0 Å². The molecule has 26 heavy (non-hydrogen) atoms. The molecule has 1 aliphatic rings. The zero-order valence-corrected chi connectivity index (χ0v) is 15.4. The second-order valence-corrected chi connectivity index (χ2v) is 6.77. The first-order valence-electron chi connectivity index (χ1n) is 8.91. The maximum absolute atomic E-state index is 11.8. The van der Waals surface area contributed by atoms with Gasteiger partial charge in [-0.1, -0.05) is 25.1 Å². The molecule has 2 N–H and O–H groups in total. The minimum Gasteiger partial charge on any atom is -0.464 e. The summed E-state index contributed by atoms with van der Waals surface area (Å²) >= 11 is 0. The molecule has 138 valence electrons. The number of hydrogen-bond acceptors (Lipinski definition) is 4. The molecule has 0 saturated carbocycles. The van der Waals surface area contributed by atoms with Crippen molar-refractivity contribution in [1.82, 2.24) is 5.32 Å². The summed E-state index contributed by atoms with van der Waals surface area (Å²) in [6.45, 7) is 4.04. The van der Waals surface area contributed by atoms with E-state index in [1.165, 1.54) is 0 Å². The minimum atomic E-state index is -0.761. The molecule has 2 aromatic carbocycles. The normalized spacial score (nSPS) is 22.7. The molecule has 1 fully saturated rings. The van der Waals surface area contributed by atoms with Crippen LogP contribution in [0.2, 0.25) is 0 Å². The summed E-state index contributed by atoms with van der Waals surface area (Å²) in [5.41, 5.74) is 3.59. The molecule has 3 unspecified atom stereocenters. The molecular weight excluding hydrogens is 330 g/mol. The highest BCUT2D eigenvalue weighted by molar-refractivity contribution is 5.95. The van der Waals surface area contributed by atoms with E-state index in [9.17, 15) is 9.90 Å². The van der Waals surface area contributed by atoms with E-state index in [0.29, 0.717) is 12.0 Å². The molecule has 2 aromatic rings. The van der Waals surface area contributed by atoms with E-state index in [1.54, 1.807) is 13.1 Å². The standard InChI is InChI=1S/C21H25NO4/c1-13-7-10-19(23)26-21(13)25-18-9-8-16(11-14(18)2)15-5-4-6-17(12-15)20(24)22-3/h4-6,8-9,11-13,19,21,23H,7,10H2,1-3H3,(H,22,24). The summed E-state index contributed by atoms with van der Waals surface area (Å²) in [6.07, 6.45) is 0.304. The third-order valence-corrected chi connectivity index (χ3v) is 4.73. The first-order valence-corrected chi connectivity index (χ1v) is 8.91. The molecule has 0 aromatic heterocycles. The summed E-state index contributed by atoms with van der Waals surface area (Å²) < 4.78 is 11.5. The predicted molar refractivity (Wildman–Crippen MR) is 99.9 cm³/mol. The zero-order chi connectivity index (χ0) is 18.7. The molecule has 1 heterocycles. The topological polar surface area (TPSA) is 67.8 Å². The molecule has 1 saturated heterocycles. The van der Waals surface area contributed by atoms with Gasteiger partial charge in [0.1, 0.15) is 5.75 Å². The average molecular weight is 355 g/mol. The quantitative estimate of drug-likeness (QED) is 0.881. The predicted octanol–water partition coefficient (Wildman–Crippen LogP) is 3.49. The summed E-state index contributed by atoms with van der Waals surface area (Å²) in [5, 5.41) is 12.3. The molecule has 0 radical (unpaired) electrons. The van der Waals surface area contributed by atoms with Gasteiger partial charge in [0, 0.05) is 18.5 Å². The van der Waals surface area contributed by atoms with Crippen LogP contribution in [0.3, 0.4) is 0 Å². The first-order chi connectivity index (χ1) is 12.5. The van der Waals surface area contributed by atoms with E-state index in [-0.39, 0.29) is 11.8 Å². The highest BCUT2D eigenvalue weighted by Crippen LogP contribution is 2.31. The Morgan fingerprint density at radius 2 is 1.96 bits per heavy atom. The highest BCUT2D eigenvalue weighted by atomic mass is 16.7. The number of amides is 1. The molecule has 5 nitrogen and oxygen atoms in total. The second-order valence-electron chi connectivity index (χ2n) is 6.77. The Hall–Kier alpha value is -2.37. The number of aryl methyl sites for hydroxylation is 1. The highest BCUT2D eigenvalue weighted by Gasteiger charge is 2.29. The number of aliphatic hydroxyl groups excluding tert-OH is 1. The van der Waals surface area contributed by atoms with E-state index < -0.39 is 12.6 Å². The molecular formula is C21H25NO4. The number of carbonyl (C=O) groups is 1. The van der Waals surface area contributed by atoms with Gasteiger partial charge in [0.05, 0.1) is 0 Å². The van der Waals surface area contributed by atoms with Crippen LogP contribution >= 0.6 is 0 Å². The Kier molecular flexibility index (Phi) is 5.59. The van der Waals surface area contributed by atoms with Gasteiger partial charge in [0.25, 0.3) is 5.91 Å². The van der Waals surface area contributed by atoms with Crippen molar-refractivity contribution in [2.24, 2.45) is 5.92 Å². The molecule has 0 spiro atoms. The maximum Gasteiger partial charge on any atom is 0.251 e. The van der Waals surface area contributed by atoms with Crippen LogP contribution in [-0.2, 0) is 4.74 Å². The summed E-state index contributed by atoms with van der Waals surface area (Å²) in [7, 11) is 1.62. The van der Waals surface area contributed by atoms with Crippen molar-refractivity contribution in [1.29, 1.82) is 0 Å². The Balaban J connectivity index is 1.80. The van der Waals surface area contributed by atoms with Gasteiger partial charge in [0.2, 0.25) is 6.29 Å². The van der Waals surface area contributed by atoms with Crippen molar-refractivity contribution in [2.75, 3.05) is 7.05 Å². The smallest absolute Gasteiger partial charge is 0.251 e. The Labute approximate surface area is 153 Å². The van der Waals surface area contributed by atoms with Crippen molar-refractivity contribution >= 4 is 5.91 Å². The maximum atomic E-state index is 11.8. The summed E-state index contributed by atoms with van der Waals surface area (Å²) in [4.78, 5) is 11.8. The van der Waals surface area contributed by atoms with E-state index in [0.717, 1.165) is 28.9 Å². The van der Waals surface area contributed by atoms with Gasteiger partial charge in [-0.15, -0.1) is 0 Å². The van der Waals surface area contributed by atoms with Gasteiger partial charge < -0.3 is 19.9 Å². The molecule has 1 aliphatic heterocycles.